The molecule has 0 aliphatic rings. The summed E-state index contributed by atoms with van der Waals surface area (Å²) in [4.78, 5) is 22.2. The van der Waals surface area contributed by atoms with E-state index in [1.165, 1.54) is 18.2 Å². The topological polar surface area (TPSA) is 93.8 Å². The molecule has 2 rings (SSSR count). The summed E-state index contributed by atoms with van der Waals surface area (Å²) < 4.78 is 4.91. The first kappa shape index (κ1) is 16.2. The van der Waals surface area contributed by atoms with Crippen LogP contribution in [0.15, 0.2) is 53.6 Å². The number of hydrogen-bond acceptors (Lipinski definition) is 6. The molecule has 118 valence electrons. The number of hydrogen-bond donors (Lipinski definition) is 1. The molecule has 0 aliphatic carbocycles. The Kier molecular flexibility index (Phi) is 5.40. The van der Waals surface area contributed by atoms with Crippen molar-refractivity contribution < 1.29 is 14.5 Å². The normalized spacial score (nSPS) is 10.5. The molecule has 0 saturated carbocycles. The Balaban J connectivity index is 2.24. The van der Waals surface area contributed by atoms with Crippen LogP contribution in [0.3, 0.4) is 0 Å². The third-order valence-corrected chi connectivity index (χ3v) is 2.91. The number of esters is 1. The van der Waals surface area contributed by atoms with Gasteiger partial charge in [0.15, 0.2) is 0 Å². The first-order valence-electron chi connectivity index (χ1n) is 6.91. The minimum absolute atomic E-state index is 0.0614. The molecule has 0 radical (unpaired) electrons. The number of nitro benzene ring substituents is 1. The summed E-state index contributed by atoms with van der Waals surface area (Å²) in [5.41, 5.74) is 3.79. The van der Waals surface area contributed by atoms with E-state index in [9.17, 15) is 14.9 Å². The highest BCUT2D eigenvalue weighted by atomic mass is 16.6. The molecule has 0 spiro atoms. The highest BCUT2D eigenvalue weighted by Gasteiger charge is 2.17. The van der Waals surface area contributed by atoms with E-state index in [4.69, 9.17) is 4.74 Å². The van der Waals surface area contributed by atoms with Gasteiger partial charge in [0.2, 0.25) is 0 Å². The molecule has 0 fully saturated rings. The standard InChI is InChI=1S/C16H15N3O4/c1-2-23-16(20)14-10-13(19(21)22)8-9-15(14)18-17-11-12-6-4-3-5-7-12/h3-11,18H,2H2,1H3/b17-11-. The fourth-order valence-corrected chi connectivity index (χ4v) is 1.84. The summed E-state index contributed by atoms with van der Waals surface area (Å²) in [6, 6.07) is 13.3. The van der Waals surface area contributed by atoms with E-state index < -0.39 is 10.9 Å². The zero-order valence-corrected chi connectivity index (χ0v) is 12.4. The fourth-order valence-electron chi connectivity index (χ4n) is 1.84. The van der Waals surface area contributed by atoms with Crippen molar-refractivity contribution in [2.24, 2.45) is 5.10 Å². The van der Waals surface area contributed by atoms with Crippen LogP contribution in [0.1, 0.15) is 22.8 Å². The summed E-state index contributed by atoms with van der Waals surface area (Å²) in [5.74, 6) is -0.645. The number of nitro groups is 1. The molecule has 0 amide bonds. The number of ether oxygens (including phenoxy) is 1. The summed E-state index contributed by atoms with van der Waals surface area (Å²) in [6.07, 6.45) is 1.58. The van der Waals surface area contributed by atoms with E-state index >= 15 is 0 Å². The Labute approximate surface area is 132 Å². The molecule has 2 aromatic rings. The summed E-state index contributed by atoms with van der Waals surface area (Å²) in [7, 11) is 0. The minimum atomic E-state index is -0.645. The van der Waals surface area contributed by atoms with Crippen LogP contribution in [0.4, 0.5) is 11.4 Å². The van der Waals surface area contributed by atoms with Crippen molar-refractivity contribution in [2.75, 3.05) is 12.0 Å². The smallest absolute Gasteiger partial charge is 0.340 e. The van der Waals surface area contributed by atoms with Crippen molar-refractivity contribution in [3.05, 3.63) is 69.8 Å². The molecule has 2 aromatic carbocycles. The van der Waals surface area contributed by atoms with Crippen LogP contribution >= 0.6 is 0 Å². The number of carbonyl (C=O) groups is 1. The second-order valence-corrected chi connectivity index (χ2v) is 4.49. The van der Waals surface area contributed by atoms with Crippen LogP contribution < -0.4 is 5.43 Å². The minimum Gasteiger partial charge on any atom is -0.462 e. The average molecular weight is 313 g/mol. The van der Waals surface area contributed by atoms with Gasteiger partial charge in [-0.2, -0.15) is 5.10 Å². The summed E-state index contributed by atoms with van der Waals surface area (Å²) >= 11 is 0. The maximum atomic E-state index is 11.9. The molecule has 0 saturated heterocycles. The van der Waals surface area contributed by atoms with Crippen LogP contribution in [-0.4, -0.2) is 23.7 Å². The van der Waals surface area contributed by atoms with Crippen molar-refractivity contribution in [2.45, 2.75) is 6.92 Å². The van der Waals surface area contributed by atoms with Gasteiger partial charge in [-0.3, -0.25) is 15.5 Å². The van der Waals surface area contributed by atoms with Crippen molar-refractivity contribution in [3.63, 3.8) is 0 Å². The maximum Gasteiger partial charge on any atom is 0.340 e. The molecule has 0 unspecified atom stereocenters. The Morgan fingerprint density at radius 1 is 1.30 bits per heavy atom. The Bertz CT molecular complexity index is 729. The van der Waals surface area contributed by atoms with Crippen molar-refractivity contribution in [1.82, 2.24) is 0 Å². The molecule has 0 bridgehead atoms. The van der Waals surface area contributed by atoms with Gasteiger partial charge in [0, 0.05) is 12.1 Å². The van der Waals surface area contributed by atoms with Crippen LogP contribution in [0.25, 0.3) is 0 Å². The van der Waals surface area contributed by atoms with Gasteiger partial charge in [0.25, 0.3) is 5.69 Å². The lowest BCUT2D eigenvalue weighted by Crippen LogP contribution is -2.08. The van der Waals surface area contributed by atoms with Gasteiger partial charge in [-0.15, -0.1) is 0 Å². The molecule has 7 nitrogen and oxygen atoms in total. The number of non-ortho nitro benzene ring substituents is 1. The third kappa shape index (κ3) is 4.37. The molecule has 7 heteroatoms. The average Bonchev–Trinajstić information content (AvgIpc) is 2.56. The van der Waals surface area contributed by atoms with E-state index in [1.54, 1.807) is 13.1 Å². The summed E-state index contributed by atoms with van der Waals surface area (Å²) in [6.45, 7) is 1.84. The lowest BCUT2D eigenvalue weighted by molar-refractivity contribution is -0.384. The van der Waals surface area contributed by atoms with Crippen molar-refractivity contribution in [3.8, 4) is 0 Å². The summed E-state index contributed by atoms with van der Waals surface area (Å²) in [5, 5.41) is 14.9. The Morgan fingerprint density at radius 3 is 2.70 bits per heavy atom. The fraction of sp³-hybridized carbons (Fsp3) is 0.125. The molecule has 0 atom stereocenters. The largest absolute Gasteiger partial charge is 0.462 e. The number of nitrogens with one attached hydrogen (secondary N) is 1. The molecule has 0 aromatic heterocycles. The number of benzene rings is 2. The van der Waals surface area contributed by atoms with Gasteiger partial charge in [0.05, 0.1) is 29.0 Å². The van der Waals surface area contributed by atoms with Gasteiger partial charge in [-0.25, -0.2) is 4.79 Å². The van der Waals surface area contributed by atoms with E-state index in [0.717, 1.165) is 5.56 Å². The predicted octanol–water partition coefficient (Wildman–Crippen LogP) is 3.22. The number of nitrogens with zero attached hydrogens (tertiary/aromatic N) is 2. The molecule has 0 heterocycles. The van der Waals surface area contributed by atoms with E-state index in [-0.39, 0.29) is 17.9 Å². The molecular formula is C16H15N3O4. The number of carbonyl (C=O) groups excluding carboxylic acids is 1. The zero-order chi connectivity index (χ0) is 16.7. The van der Waals surface area contributed by atoms with Crippen LogP contribution in [0, 0.1) is 10.1 Å². The van der Waals surface area contributed by atoms with Crippen molar-refractivity contribution in [1.29, 1.82) is 0 Å². The van der Waals surface area contributed by atoms with E-state index in [2.05, 4.69) is 10.5 Å². The van der Waals surface area contributed by atoms with E-state index in [0.29, 0.717) is 5.69 Å². The molecular weight excluding hydrogens is 298 g/mol. The van der Waals surface area contributed by atoms with Crippen LogP contribution in [0.5, 0.6) is 0 Å². The maximum absolute atomic E-state index is 11.9. The predicted molar refractivity (Wildman–Crippen MR) is 86.7 cm³/mol. The van der Waals surface area contributed by atoms with Crippen LogP contribution in [-0.2, 0) is 4.74 Å². The molecule has 23 heavy (non-hydrogen) atoms. The number of rotatable bonds is 6. The lowest BCUT2D eigenvalue weighted by Gasteiger charge is -2.08. The highest BCUT2D eigenvalue weighted by molar-refractivity contribution is 5.96. The van der Waals surface area contributed by atoms with E-state index in [1.807, 2.05) is 30.3 Å². The Hall–Kier alpha value is -3.22. The van der Waals surface area contributed by atoms with Crippen LogP contribution in [0.2, 0.25) is 0 Å². The SMILES string of the molecule is CCOC(=O)c1cc([N+](=O)[O-])ccc1N/N=C\c1ccccc1. The van der Waals surface area contributed by atoms with Gasteiger partial charge < -0.3 is 4.74 Å². The quantitative estimate of drug-likeness (QED) is 0.382. The first-order valence-corrected chi connectivity index (χ1v) is 6.91. The third-order valence-electron chi connectivity index (χ3n) is 2.91. The second kappa shape index (κ2) is 7.69. The van der Waals surface area contributed by atoms with Gasteiger partial charge in [0.1, 0.15) is 0 Å². The van der Waals surface area contributed by atoms with Gasteiger partial charge in [-0.1, -0.05) is 30.3 Å². The monoisotopic (exact) mass is 313 g/mol. The number of anilines is 1. The molecule has 1 N–H and O–H groups in total. The lowest BCUT2D eigenvalue weighted by atomic mass is 10.1. The highest BCUT2D eigenvalue weighted by Crippen LogP contribution is 2.23. The molecule has 0 aliphatic heterocycles. The van der Waals surface area contributed by atoms with Crippen molar-refractivity contribution >= 4 is 23.6 Å². The van der Waals surface area contributed by atoms with Gasteiger partial charge in [-0.05, 0) is 18.6 Å². The number of hydrazone groups is 1. The van der Waals surface area contributed by atoms with Gasteiger partial charge >= 0.3 is 5.97 Å². The zero-order valence-electron chi connectivity index (χ0n) is 12.4. The first-order chi connectivity index (χ1) is 11.1. The Morgan fingerprint density at radius 2 is 2.04 bits per heavy atom. The second-order valence-electron chi connectivity index (χ2n) is 4.49.